The van der Waals surface area contributed by atoms with Crippen LogP contribution in [-0.4, -0.2) is 62.6 Å². The molecule has 36 heavy (non-hydrogen) atoms. The van der Waals surface area contributed by atoms with Gasteiger partial charge in [0.1, 0.15) is 5.69 Å². The molecule has 1 aliphatic carbocycles. The van der Waals surface area contributed by atoms with Gasteiger partial charge in [0.15, 0.2) is 0 Å². The second kappa shape index (κ2) is 12.7. The summed E-state index contributed by atoms with van der Waals surface area (Å²) in [4.78, 5) is 32.6. The highest BCUT2D eigenvalue weighted by atomic mass is 127. The van der Waals surface area contributed by atoms with Crippen molar-refractivity contribution in [3.8, 4) is 11.8 Å². The molecule has 2 fully saturated rings. The number of amides is 2. The number of aryl methyl sites for hydroxylation is 1. The molecule has 2 heterocycles. The molecule has 8 heteroatoms. The standard InChI is InChI=1S/C28H33IN4O3/c1-19-15-22(17-24(31-19)28(36)33-14-6-10-26(33)29)27(35)32-23(16-21-7-3-2-4-8-21)25(34)18-30-13-5-9-20-11-12-20/h2-4,7-8,15,17,20,23,25-26,30,34H,6,10-14,16,18H2,1H3,(H,32,35)/t23-,25+,26+/m0/s1. The number of nitrogens with zero attached hydrogens (tertiary/aromatic N) is 2. The predicted molar refractivity (Wildman–Crippen MR) is 148 cm³/mol. The minimum atomic E-state index is -0.815. The van der Waals surface area contributed by atoms with Gasteiger partial charge in [0, 0.05) is 30.3 Å². The lowest BCUT2D eigenvalue weighted by Crippen LogP contribution is -2.48. The first-order valence-corrected chi connectivity index (χ1v) is 13.8. The van der Waals surface area contributed by atoms with Crippen molar-refractivity contribution in [1.82, 2.24) is 20.5 Å². The number of likely N-dealkylation sites (tertiary alicyclic amines) is 1. The van der Waals surface area contributed by atoms with E-state index in [4.69, 9.17) is 0 Å². The molecule has 1 aliphatic heterocycles. The van der Waals surface area contributed by atoms with Crippen LogP contribution >= 0.6 is 22.6 Å². The number of aliphatic hydroxyl groups excluding tert-OH is 1. The molecule has 1 saturated carbocycles. The molecular weight excluding hydrogens is 567 g/mol. The molecule has 0 bridgehead atoms. The number of halogens is 1. The van der Waals surface area contributed by atoms with Gasteiger partial charge >= 0.3 is 0 Å². The summed E-state index contributed by atoms with van der Waals surface area (Å²) in [7, 11) is 0. The van der Waals surface area contributed by atoms with E-state index in [2.05, 4.69) is 50.0 Å². The lowest BCUT2D eigenvalue weighted by Gasteiger charge is -2.25. The van der Waals surface area contributed by atoms with Crippen molar-refractivity contribution in [3.05, 3.63) is 65.0 Å². The SMILES string of the molecule is Cc1cc(C(=O)N[C@@H](Cc2ccccc2)[C@H](O)CNCC#CC2CC2)cc(C(=O)N2CCC[C@@H]2I)n1. The molecule has 190 valence electrons. The van der Waals surface area contributed by atoms with Crippen molar-refractivity contribution >= 4 is 34.4 Å². The fourth-order valence-electron chi connectivity index (χ4n) is 4.26. The van der Waals surface area contributed by atoms with E-state index < -0.39 is 12.1 Å². The van der Waals surface area contributed by atoms with E-state index in [1.165, 1.54) is 12.8 Å². The Balaban J connectivity index is 1.45. The fraction of sp³-hybridized carbons (Fsp3) is 0.464. The molecule has 3 atom stereocenters. The van der Waals surface area contributed by atoms with Crippen LogP contribution in [0.4, 0.5) is 0 Å². The Morgan fingerprint density at radius 3 is 2.69 bits per heavy atom. The molecule has 0 radical (unpaired) electrons. The molecule has 3 N–H and O–H groups in total. The summed E-state index contributed by atoms with van der Waals surface area (Å²) >= 11 is 2.28. The predicted octanol–water partition coefficient (Wildman–Crippen LogP) is 3.09. The Bertz CT molecular complexity index is 1130. The van der Waals surface area contributed by atoms with Crippen molar-refractivity contribution in [1.29, 1.82) is 0 Å². The summed E-state index contributed by atoms with van der Waals surface area (Å²) < 4.78 is 0.140. The van der Waals surface area contributed by atoms with E-state index in [1.54, 1.807) is 19.1 Å². The highest BCUT2D eigenvalue weighted by Crippen LogP contribution is 2.27. The lowest BCUT2D eigenvalue weighted by molar-refractivity contribution is 0.0779. The van der Waals surface area contributed by atoms with Gasteiger partial charge in [-0.25, -0.2) is 4.98 Å². The third-order valence-electron chi connectivity index (χ3n) is 6.40. The summed E-state index contributed by atoms with van der Waals surface area (Å²) in [5.74, 6) is 6.35. The molecule has 1 saturated heterocycles. The zero-order valence-electron chi connectivity index (χ0n) is 20.5. The average Bonchev–Trinajstić information content (AvgIpc) is 3.60. The second-order valence-corrected chi connectivity index (χ2v) is 11.0. The van der Waals surface area contributed by atoms with E-state index in [9.17, 15) is 14.7 Å². The Labute approximate surface area is 226 Å². The third-order valence-corrected chi connectivity index (χ3v) is 7.70. The molecule has 0 unspecified atom stereocenters. The molecule has 2 aliphatic rings. The number of hydrogen-bond donors (Lipinski definition) is 3. The highest BCUT2D eigenvalue weighted by Gasteiger charge is 2.29. The number of alkyl halides is 1. The molecule has 0 spiro atoms. The largest absolute Gasteiger partial charge is 0.390 e. The van der Waals surface area contributed by atoms with Crippen LogP contribution in [-0.2, 0) is 6.42 Å². The van der Waals surface area contributed by atoms with Gasteiger partial charge in [-0.1, -0.05) is 64.8 Å². The number of carbonyl (C=O) groups excluding carboxylic acids is 2. The maximum absolute atomic E-state index is 13.3. The van der Waals surface area contributed by atoms with Crippen molar-refractivity contribution in [3.63, 3.8) is 0 Å². The number of nitrogens with one attached hydrogen (secondary N) is 2. The topological polar surface area (TPSA) is 94.6 Å². The zero-order chi connectivity index (χ0) is 25.5. The van der Waals surface area contributed by atoms with Crippen LogP contribution in [0.25, 0.3) is 0 Å². The van der Waals surface area contributed by atoms with E-state index in [-0.39, 0.29) is 21.6 Å². The second-order valence-electron chi connectivity index (χ2n) is 9.52. The number of aliphatic hydroxyl groups is 1. The summed E-state index contributed by atoms with van der Waals surface area (Å²) in [6.07, 6.45) is 3.95. The zero-order valence-corrected chi connectivity index (χ0v) is 22.7. The van der Waals surface area contributed by atoms with Gasteiger partial charge in [-0.05, 0) is 56.7 Å². The summed E-state index contributed by atoms with van der Waals surface area (Å²) in [5.41, 5.74) is 2.26. The average molecular weight is 601 g/mol. The first-order chi connectivity index (χ1) is 17.4. The third kappa shape index (κ3) is 7.51. The highest BCUT2D eigenvalue weighted by molar-refractivity contribution is 14.1. The fourth-order valence-corrected chi connectivity index (χ4v) is 5.23. The van der Waals surface area contributed by atoms with Crippen LogP contribution < -0.4 is 10.6 Å². The Kier molecular flexibility index (Phi) is 9.35. The van der Waals surface area contributed by atoms with Crippen molar-refractivity contribution in [2.24, 2.45) is 5.92 Å². The smallest absolute Gasteiger partial charge is 0.273 e. The Morgan fingerprint density at radius 1 is 1.22 bits per heavy atom. The van der Waals surface area contributed by atoms with Gasteiger partial charge in [0.2, 0.25) is 0 Å². The first kappa shape index (κ1) is 26.6. The number of rotatable bonds is 9. The van der Waals surface area contributed by atoms with E-state index in [0.29, 0.717) is 43.2 Å². The molecule has 7 nitrogen and oxygen atoms in total. The maximum Gasteiger partial charge on any atom is 0.273 e. The molecule has 2 aromatic rings. The van der Waals surface area contributed by atoms with Crippen molar-refractivity contribution < 1.29 is 14.7 Å². The molecule has 4 rings (SSSR count). The molecular formula is C28H33IN4O3. The quantitative estimate of drug-likeness (QED) is 0.135. The van der Waals surface area contributed by atoms with E-state index in [1.807, 2.05) is 35.2 Å². The Morgan fingerprint density at radius 2 is 2.00 bits per heavy atom. The number of pyridine rings is 1. The van der Waals surface area contributed by atoms with E-state index >= 15 is 0 Å². The van der Waals surface area contributed by atoms with Gasteiger partial charge in [-0.2, -0.15) is 0 Å². The minimum Gasteiger partial charge on any atom is -0.390 e. The van der Waals surface area contributed by atoms with Crippen LogP contribution in [0, 0.1) is 24.7 Å². The number of hydrogen-bond acceptors (Lipinski definition) is 5. The van der Waals surface area contributed by atoms with E-state index in [0.717, 1.165) is 18.4 Å². The summed E-state index contributed by atoms with van der Waals surface area (Å²) in [6, 6.07) is 12.5. The first-order valence-electron chi connectivity index (χ1n) is 12.6. The molecule has 1 aromatic heterocycles. The van der Waals surface area contributed by atoms with Crippen LogP contribution in [0.2, 0.25) is 0 Å². The molecule has 1 aromatic carbocycles. The van der Waals surface area contributed by atoms with Crippen LogP contribution in [0.15, 0.2) is 42.5 Å². The van der Waals surface area contributed by atoms with Crippen LogP contribution in [0.3, 0.4) is 0 Å². The monoisotopic (exact) mass is 600 g/mol. The number of carbonyl (C=O) groups is 2. The van der Waals surface area contributed by atoms with Crippen molar-refractivity contribution in [2.45, 2.75) is 55.2 Å². The number of aromatic nitrogens is 1. The Hall–Kier alpha value is -2.48. The van der Waals surface area contributed by atoms with Crippen molar-refractivity contribution in [2.75, 3.05) is 19.6 Å². The van der Waals surface area contributed by atoms with Gasteiger partial charge in [-0.3, -0.25) is 9.59 Å². The van der Waals surface area contributed by atoms with Gasteiger partial charge in [-0.15, -0.1) is 0 Å². The van der Waals surface area contributed by atoms with Crippen LogP contribution in [0.1, 0.15) is 57.8 Å². The van der Waals surface area contributed by atoms with Gasteiger partial charge in [0.25, 0.3) is 11.8 Å². The maximum atomic E-state index is 13.3. The van der Waals surface area contributed by atoms with Crippen LogP contribution in [0.5, 0.6) is 0 Å². The van der Waals surface area contributed by atoms with Gasteiger partial charge < -0.3 is 20.6 Å². The lowest BCUT2D eigenvalue weighted by atomic mass is 10.0. The summed E-state index contributed by atoms with van der Waals surface area (Å²) in [5, 5.41) is 17.1. The molecule has 2 amide bonds. The number of benzene rings is 1. The normalized spacial score (nSPS) is 18.8. The minimum absolute atomic E-state index is 0.140. The summed E-state index contributed by atoms with van der Waals surface area (Å²) in [6.45, 7) is 3.29. The van der Waals surface area contributed by atoms with Gasteiger partial charge in [0.05, 0.1) is 22.7 Å².